The van der Waals surface area contributed by atoms with Crippen LogP contribution >= 0.6 is 0 Å². The molecule has 1 atom stereocenters. The molecule has 2 aromatic rings. The predicted molar refractivity (Wildman–Crippen MR) is 94.9 cm³/mol. The second kappa shape index (κ2) is 6.81. The summed E-state index contributed by atoms with van der Waals surface area (Å²) in [6.45, 7) is 2.39. The molecule has 1 aliphatic heterocycles. The molecule has 3 heterocycles. The predicted octanol–water partition coefficient (Wildman–Crippen LogP) is 1.52. The molecule has 8 nitrogen and oxygen atoms in total. The Labute approximate surface area is 148 Å². The molecule has 0 amide bonds. The molecule has 9 heteroatoms. The van der Waals surface area contributed by atoms with Gasteiger partial charge in [0.2, 0.25) is 0 Å². The van der Waals surface area contributed by atoms with Crippen molar-refractivity contribution in [3.8, 4) is 11.4 Å². The molecule has 0 radical (unpaired) electrons. The molecule has 0 N–H and O–H groups in total. The van der Waals surface area contributed by atoms with E-state index >= 15 is 0 Å². The van der Waals surface area contributed by atoms with Crippen LogP contribution in [0.2, 0.25) is 0 Å². The molecule has 0 saturated carbocycles. The average molecular weight is 364 g/mol. The summed E-state index contributed by atoms with van der Waals surface area (Å²) in [5.41, 5.74) is 2.45. The largest absolute Gasteiger partial charge is 0.282 e. The van der Waals surface area contributed by atoms with Crippen LogP contribution in [0.3, 0.4) is 0 Å². The number of hydrogen-bond acceptors (Lipinski definition) is 5. The Morgan fingerprint density at radius 1 is 1.24 bits per heavy atom. The van der Waals surface area contributed by atoms with E-state index in [1.165, 1.54) is 8.61 Å². The lowest BCUT2D eigenvalue weighted by molar-refractivity contribution is 0.234. The van der Waals surface area contributed by atoms with Crippen molar-refractivity contribution in [1.82, 2.24) is 28.4 Å². The number of piperidine rings is 1. The zero-order valence-electron chi connectivity index (χ0n) is 15.0. The van der Waals surface area contributed by atoms with Crippen molar-refractivity contribution in [2.24, 2.45) is 7.05 Å². The second-order valence-electron chi connectivity index (χ2n) is 6.51. The first-order valence-electron chi connectivity index (χ1n) is 8.34. The van der Waals surface area contributed by atoms with Crippen molar-refractivity contribution in [1.29, 1.82) is 0 Å². The third-order valence-electron chi connectivity index (χ3n) is 4.46. The summed E-state index contributed by atoms with van der Waals surface area (Å²) >= 11 is 0. The van der Waals surface area contributed by atoms with Gasteiger partial charge >= 0.3 is 0 Å². The van der Waals surface area contributed by atoms with Gasteiger partial charge in [0.1, 0.15) is 5.82 Å². The van der Waals surface area contributed by atoms with Gasteiger partial charge in [0.05, 0.1) is 17.4 Å². The molecule has 2 aromatic heterocycles. The zero-order valence-corrected chi connectivity index (χ0v) is 15.9. The summed E-state index contributed by atoms with van der Waals surface area (Å²) in [6, 6.07) is 3.45. The molecule has 1 aliphatic rings. The first-order chi connectivity index (χ1) is 11.8. The first-order valence-corrected chi connectivity index (χ1v) is 9.73. The van der Waals surface area contributed by atoms with Gasteiger partial charge in [0.25, 0.3) is 10.2 Å². The van der Waals surface area contributed by atoms with Crippen LogP contribution in [0.5, 0.6) is 0 Å². The summed E-state index contributed by atoms with van der Waals surface area (Å²) in [5, 5.41) is 4.19. The van der Waals surface area contributed by atoms with Crippen LogP contribution in [0.1, 0.15) is 36.8 Å². The van der Waals surface area contributed by atoms with E-state index in [1.54, 1.807) is 25.0 Å². The lowest BCUT2D eigenvalue weighted by Gasteiger charge is -2.35. The van der Waals surface area contributed by atoms with Gasteiger partial charge in [-0.05, 0) is 31.9 Å². The fraction of sp³-hybridized carbons (Fsp3) is 0.562. The molecular formula is C16H24N6O2S. The van der Waals surface area contributed by atoms with E-state index in [2.05, 4.69) is 15.1 Å². The van der Waals surface area contributed by atoms with E-state index in [0.29, 0.717) is 12.4 Å². The van der Waals surface area contributed by atoms with E-state index in [-0.39, 0.29) is 6.04 Å². The van der Waals surface area contributed by atoms with Crippen LogP contribution in [0.25, 0.3) is 11.4 Å². The molecule has 0 spiro atoms. The maximum atomic E-state index is 12.7. The fourth-order valence-corrected chi connectivity index (χ4v) is 4.45. The van der Waals surface area contributed by atoms with E-state index < -0.39 is 10.2 Å². The topological polar surface area (TPSA) is 84.2 Å². The molecule has 0 bridgehead atoms. The van der Waals surface area contributed by atoms with Crippen LogP contribution in [0.4, 0.5) is 0 Å². The van der Waals surface area contributed by atoms with Crippen LogP contribution < -0.4 is 0 Å². The summed E-state index contributed by atoms with van der Waals surface area (Å²) in [7, 11) is 1.45. The van der Waals surface area contributed by atoms with Crippen LogP contribution in [0, 0.1) is 6.92 Å². The SMILES string of the molecule is Cc1cc(-c2ccnn2C)nc(C2CCCCN2S(=O)(=O)N(C)C)n1. The van der Waals surface area contributed by atoms with Gasteiger partial charge in [0.15, 0.2) is 0 Å². The van der Waals surface area contributed by atoms with Gasteiger partial charge in [-0.2, -0.15) is 22.1 Å². The minimum atomic E-state index is -3.52. The Bertz CT molecular complexity index is 861. The van der Waals surface area contributed by atoms with E-state index in [9.17, 15) is 8.42 Å². The highest BCUT2D eigenvalue weighted by molar-refractivity contribution is 7.86. The Morgan fingerprint density at radius 3 is 2.64 bits per heavy atom. The third kappa shape index (κ3) is 3.44. The number of hydrogen-bond donors (Lipinski definition) is 0. The molecule has 0 aliphatic carbocycles. The number of aromatic nitrogens is 4. The van der Waals surface area contributed by atoms with Gasteiger partial charge in [0, 0.05) is 39.6 Å². The number of rotatable bonds is 4. The monoisotopic (exact) mass is 364 g/mol. The maximum absolute atomic E-state index is 12.7. The van der Waals surface area contributed by atoms with Crippen molar-refractivity contribution in [3.05, 3.63) is 29.8 Å². The highest BCUT2D eigenvalue weighted by Crippen LogP contribution is 2.33. The van der Waals surface area contributed by atoms with Gasteiger partial charge in [-0.25, -0.2) is 9.97 Å². The molecule has 25 heavy (non-hydrogen) atoms. The minimum absolute atomic E-state index is 0.340. The van der Waals surface area contributed by atoms with E-state index in [4.69, 9.17) is 0 Å². The molecule has 0 aromatic carbocycles. The molecule has 1 unspecified atom stereocenters. The molecule has 1 saturated heterocycles. The van der Waals surface area contributed by atoms with Crippen molar-refractivity contribution >= 4 is 10.2 Å². The maximum Gasteiger partial charge on any atom is 0.282 e. The van der Waals surface area contributed by atoms with Crippen molar-refractivity contribution in [3.63, 3.8) is 0 Å². The molecular weight excluding hydrogens is 340 g/mol. The summed E-state index contributed by atoms with van der Waals surface area (Å²) in [6.07, 6.45) is 4.25. The standard InChI is InChI=1S/C16H24N6O2S/c1-12-11-13(14-8-9-17-21(14)4)19-16(18-12)15-7-5-6-10-22(15)25(23,24)20(2)3/h8-9,11,15H,5-7,10H2,1-4H3. The number of aryl methyl sites for hydroxylation is 2. The quantitative estimate of drug-likeness (QED) is 0.821. The second-order valence-corrected chi connectivity index (χ2v) is 8.60. The van der Waals surface area contributed by atoms with Crippen LogP contribution in [-0.4, -0.2) is 57.4 Å². The van der Waals surface area contributed by atoms with Crippen LogP contribution in [0.15, 0.2) is 18.3 Å². The molecule has 1 fully saturated rings. The summed E-state index contributed by atoms with van der Waals surface area (Å²) < 4.78 is 29.9. The van der Waals surface area contributed by atoms with Gasteiger partial charge in [-0.1, -0.05) is 6.42 Å². The van der Waals surface area contributed by atoms with E-state index in [1.807, 2.05) is 26.1 Å². The molecule has 136 valence electrons. The van der Waals surface area contributed by atoms with Crippen molar-refractivity contribution in [2.45, 2.75) is 32.2 Å². The Balaban J connectivity index is 2.05. The van der Waals surface area contributed by atoms with Crippen LogP contribution in [-0.2, 0) is 17.3 Å². The van der Waals surface area contributed by atoms with Crippen molar-refractivity contribution < 1.29 is 8.42 Å². The smallest absolute Gasteiger partial charge is 0.266 e. The Morgan fingerprint density at radius 2 is 2.00 bits per heavy atom. The zero-order chi connectivity index (χ0) is 18.2. The highest BCUT2D eigenvalue weighted by Gasteiger charge is 2.36. The Hall–Kier alpha value is -1.84. The Kier molecular flexibility index (Phi) is 4.90. The minimum Gasteiger partial charge on any atom is -0.266 e. The van der Waals surface area contributed by atoms with Crippen molar-refractivity contribution in [2.75, 3.05) is 20.6 Å². The van der Waals surface area contributed by atoms with Gasteiger partial charge in [-0.15, -0.1) is 0 Å². The first kappa shape index (κ1) is 18.0. The lowest BCUT2D eigenvalue weighted by Crippen LogP contribution is -2.45. The number of nitrogens with zero attached hydrogens (tertiary/aromatic N) is 6. The third-order valence-corrected chi connectivity index (χ3v) is 6.42. The molecule has 3 rings (SSSR count). The van der Waals surface area contributed by atoms with Gasteiger partial charge < -0.3 is 0 Å². The average Bonchev–Trinajstić information content (AvgIpc) is 3.00. The fourth-order valence-electron chi connectivity index (χ4n) is 3.15. The normalized spacial score (nSPS) is 19.5. The summed E-state index contributed by atoms with van der Waals surface area (Å²) in [4.78, 5) is 9.24. The summed E-state index contributed by atoms with van der Waals surface area (Å²) in [5.74, 6) is 0.557. The van der Waals surface area contributed by atoms with Gasteiger partial charge in [-0.3, -0.25) is 4.68 Å². The highest BCUT2D eigenvalue weighted by atomic mass is 32.2. The lowest BCUT2D eigenvalue weighted by atomic mass is 10.0. The van der Waals surface area contributed by atoms with E-state index in [0.717, 1.165) is 36.3 Å².